The minimum absolute atomic E-state index is 0.224. The summed E-state index contributed by atoms with van der Waals surface area (Å²) in [6.45, 7) is 1.80. The lowest BCUT2D eigenvalue weighted by atomic mass is 10.1. The van der Waals surface area contributed by atoms with Gasteiger partial charge in [0.2, 0.25) is 0 Å². The Balaban J connectivity index is 2.54. The van der Waals surface area contributed by atoms with Crippen molar-refractivity contribution in [3.05, 3.63) is 30.0 Å². The zero-order valence-corrected chi connectivity index (χ0v) is 7.69. The monoisotopic (exact) mass is 190 g/mol. The number of hydrogen-bond donors (Lipinski definition) is 2. The van der Waals surface area contributed by atoms with Gasteiger partial charge in [-0.15, -0.1) is 0 Å². The molecule has 2 rings (SSSR count). The van der Waals surface area contributed by atoms with Crippen LogP contribution in [0.2, 0.25) is 0 Å². The number of rotatable bonds is 1. The molecular formula is C10H10N2O2. The van der Waals surface area contributed by atoms with E-state index >= 15 is 0 Å². The number of aryl methyl sites for hydroxylation is 1. The molecular weight excluding hydrogens is 180 g/mol. The second-order valence-corrected chi connectivity index (χ2v) is 3.05. The molecule has 3 N–H and O–H groups in total. The summed E-state index contributed by atoms with van der Waals surface area (Å²) in [7, 11) is 0. The van der Waals surface area contributed by atoms with Crippen molar-refractivity contribution in [1.29, 1.82) is 0 Å². The van der Waals surface area contributed by atoms with Gasteiger partial charge < -0.3 is 15.4 Å². The van der Waals surface area contributed by atoms with Gasteiger partial charge in [0.05, 0.1) is 5.56 Å². The van der Waals surface area contributed by atoms with Gasteiger partial charge in [0.25, 0.3) is 0 Å². The van der Waals surface area contributed by atoms with Crippen molar-refractivity contribution < 1.29 is 9.63 Å². The molecule has 14 heavy (non-hydrogen) atoms. The fourth-order valence-corrected chi connectivity index (χ4v) is 1.37. The van der Waals surface area contributed by atoms with E-state index in [0.29, 0.717) is 11.6 Å². The van der Waals surface area contributed by atoms with Crippen LogP contribution in [0.15, 0.2) is 28.8 Å². The van der Waals surface area contributed by atoms with Crippen molar-refractivity contribution in [2.24, 2.45) is 0 Å². The first-order chi connectivity index (χ1) is 6.68. The number of phenolic OH excluding ortho intramolecular Hbond substituents is 1. The largest absolute Gasteiger partial charge is 0.508 e. The number of benzene rings is 1. The number of anilines is 1. The molecule has 1 heterocycles. The number of nitrogens with zero attached hydrogens (tertiary/aromatic N) is 1. The van der Waals surface area contributed by atoms with Crippen molar-refractivity contribution in [2.45, 2.75) is 6.92 Å². The topological polar surface area (TPSA) is 72.3 Å². The smallest absolute Gasteiger partial charge is 0.175 e. The summed E-state index contributed by atoms with van der Waals surface area (Å²) >= 11 is 0. The summed E-state index contributed by atoms with van der Waals surface area (Å²) < 4.78 is 4.94. The second kappa shape index (κ2) is 3.06. The molecule has 2 aromatic rings. The lowest BCUT2D eigenvalue weighted by molar-refractivity contribution is 0.401. The van der Waals surface area contributed by atoms with Gasteiger partial charge in [-0.2, -0.15) is 0 Å². The Morgan fingerprint density at radius 3 is 2.43 bits per heavy atom. The lowest BCUT2D eigenvalue weighted by Crippen LogP contribution is -1.87. The first-order valence-corrected chi connectivity index (χ1v) is 4.19. The Bertz CT molecular complexity index is 426. The van der Waals surface area contributed by atoms with Crippen molar-refractivity contribution in [3.8, 4) is 16.9 Å². The Kier molecular flexibility index (Phi) is 1.89. The van der Waals surface area contributed by atoms with Crippen molar-refractivity contribution in [2.75, 3.05) is 5.73 Å². The van der Waals surface area contributed by atoms with E-state index < -0.39 is 0 Å². The Hall–Kier alpha value is -1.97. The molecule has 0 aliphatic carbocycles. The number of hydrogen-bond acceptors (Lipinski definition) is 4. The number of aromatic hydroxyl groups is 1. The van der Waals surface area contributed by atoms with Crippen molar-refractivity contribution in [3.63, 3.8) is 0 Å². The van der Waals surface area contributed by atoms with E-state index in [9.17, 15) is 0 Å². The second-order valence-electron chi connectivity index (χ2n) is 3.05. The molecule has 4 heteroatoms. The van der Waals surface area contributed by atoms with Gasteiger partial charge >= 0.3 is 0 Å². The summed E-state index contributed by atoms with van der Waals surface area (Å²) in [5.41, 5.74) is 7.31. The van der Waals surface area contributed by atoms with Crippen LogP contribution in [0.3, 0.4) is 0 Å². The van der Waals surface area contributed by atoms with Gasteiger partial charge in [0, 0.05) is 0 Å². The van der Waals surface area contributed by atoms with Crippen molar-refractivity contribution >= 4 is 5.82 Å². The highest BCUT2D eigenvalue weighted by Crippen LogP contribution is 2.29. The van der Waals surface area contributed by atoms with Gasteiger partial charge in [-0.25, -0.2) is 0 Å². The molecule has 0 fully saturated rings. The van der Waals surface area contributed by atoms with Crippen LogP contribution in [0.25, 0.3) is 11.1 Å². The van der Waals surface area contributed by atoms with Crippen LogP contribution < -0.4 is 5.73 Å². The number of phenols is 1. The van der Waals surface area contributed by atoms with E-state index in [4.69, 9.17) is 15.4 Å². The average Bonchev–Trinajstić information content (AvgIpc) is 2.49. The van der Waals surface area contributed by atoms with Gasteiger partial charge in [-0.05, 0) is 24.6 Å². The van der Waals surface area contributed by atoms with E-state index in [1.807, 2.05) is 0 Å². The standard InChI is InChI=1S/C10H10N2O2/c1-6-9(10(11)12-14-6)7-2-4-8(13)5-3-7/h2-5,13H,1H3,(H2,11,12). The molecule has 0 spiro atoms. The van der Waals surface area contributed by atoms with Crippen LogP contribution >= 0.6 is 0 Å². The molecule has 0 unspecified atom stereocenters. The Labute approximate surface area is 81.0 Å². The van der Waals surface area contributed by atoms with E-state index in [1.54, 1.807) is 31.2 Å². The highest BCUT2D eigenvalue weighted by atomic mass is 16.5. The predicted octanol–water partition coefficient (Wildman–Crippen LogP) is 1.94. The summed E-state index contributed by atoms with van der Waals surface area (Å²) in [5.74, 6) is 1.27. The molecule has 4 nitrogen and oxygen atoms in total. The Morgan fingerprint density at radius 2 is 1.93 bits per heavy atom. The molecule has 1 aromatic carbocycles. The number of nitrogens with two attached hydrogens (primary N) is 1. The van der Waals surface area contributed by atoms with E-state index in [1.165, 1.54) is 0 Å². The van der Waals surface area contributed by atoms with E-state index in [0.717, 1.165) is 11.1 Å². The molecule has 0 aliphatic rings. The maximum atomic E-state index is 9.12. The first kappa shape index (κ1) is 8.62. The average molecular weight is 190 g/mol. The van der Waals surface area contributed by atoms with Crippen LogP contribution in [-0.2, 0) is 0 Å². The van der Waals surface area contributed by atoms with Crippen LogP contribution in [0.1, 0.15) is 5.76 Å². The van der Waals surface area contributed by atoms with Gasteiger partial charge in [-0.3, -0.25) is 0 Å². The fourth-order valence-electron chi connectivity index (χ4n) is 1.37. The minimum Gasteiger partial charge on any atom is -0.508 e. The van der Waals surface area contributed by atoms with Gasteiger partial charge in [0.1, 0.15) is 11.5 Å². The van der Waals surface area contributed by atoms with E-state index in [-0.39, 0.29) is 5.75 Å². The summed E-state index contributed by atoms with van der Waals surface area (Å²) in [5, 5.41) is 12.8. The summed E-state index contributed by atoms with van der Waals surface area (Å²) in [4.78, 5) is 0. The predicted molar refractivity (Wildman–Crippen MR) is 52.8 cm³/mol. The van der Waals surface area contributed by atoms with Gasteiger partial charge in [-0.1, -0.05) is 17.3 Å². The van der Waals surface area contributed by atoms with Crippen LogP contribution in [0, 0.1) is 6.92 Å². The molecule has 0 amide bonds. The fraction of sp³-hybridized carbons (Fsp3) is 0.100. The SMILES string of the molecule is Cc1onc(N)c1-c1ccc(O)cc1. The molecule has 0 saturated carbocycles. The van der Waals surface area contributed by atoms with Crippen LogP contribution in [0.5, 0.6) is 5.75 Å². The molecule has 72 valence electrons. The van der Waals surface area contributed by atoms with Gasteiger partial charge in [0.15, 0.2) is 5.82 Å². The molecule has 0 atom stereocenters. The number of aromatic nitrogens is 1. The third kappa shape index (κ3) is 1.31. The first-order valence-electron chi connectivity index (χ1n) is 4.19. The third-order valence-corrected chi connectivity index (χ3v) is 2.05. The number of nitrogen functional groups attached to an aromatic ring is 1. The lowest BCUT2D eigenvalue weighted by Gasteiger charge is -1.99. The maximum absolute atomic E-state index is 9.12. The molecule has 0 radical (unpaired) electrons. The normalized spacial score (nSPS) is 10.4. The quantitative estimate of drug-likeness (QED) is 0.720. The summed E-state index contributed by atoms with van der Waals surface area (Å²) in [6, 6.07) is 6.74. The zero-order chi connectivity index (χ0) is 10.1. The van der Waals surface area contributed by atoms with Crippen LogP contribution in [0.4, 0.5) is 5.82 Å². The minimum atomic E-state index is 0.224. The highest BCUT2D eigenvalue weighted by molar-refractivity contribution is 5.75. The third-order valence-electron chi connectivity index (χ3n) is 2.05. The Morgan fingerprint density at radius 1 is 1.29 bits per heavy atom. The van der Waals surface area contributed by atoms with Crippen molar-refractivity contribution in [1.82, 2.24) is 5.16 Å². The van der Waals surface area contributed by atoms with E-state index in [2.05, 4.69) is 5.16 Å². The molecule has 0 saturated heterocycles. The summed E-state index contributed by atoms with van der Waals surface area (Å²) in [6.07, 6.45) is 0. The molecule has 1 aromatic heterocycles. The van der Waals surface area contributed by atoms with Crippen LogP contribution in [-0.4, -0.2) is 10.3 Å². The molecule has 0 bridgehead atoms. The highest BCUT2D eigenvalue weighted by Gasteiger charge is 2.11. The molecule has 0 aliphatic heterocycles. The maximum Gasteiger partial charge on any atom is 0.175 e. The zero-order valence-electron chi connectivity index (χ0n) is 7.69.